The molecule has 3 nitrogen and oxygen atoms in total. The molecule has 0 unspecified atom stereocenters. The van der Waals surface area contributed by atoms with E-state index in [4.69, 9.17) is 10.5 Å². The van der Waals surface area contributed by atoms with Gasteiger partial charge in [0.1, 0.15) is 6.61 Å². The highest BCUT2D eigenvalue weighted by Crippen LogP contribution is 2.17. The highest BCUT2D eigenvalue weighted by atomic mass is 16.5. The topological polar surface area (TPSA) is 52.3 Å². The van der Waals surface area contributed by atoms with E-state index in [2.05, 4.69) is 0 Å². The minimum absolute atomic E-state index is 0.00577. The number of esters is 1. The normalized spacial score (nSPS) is 12.8. The van der Waals surface area contributed by atoms with Gasteiger partial charge in [0.25, 0.3) is 0 Å². The summed E-state index contributed by atoms with van der Waals surface area (Å²) >= 11 is 0. The zero-order chi connectivity index (χ0) is 10.5. The number of ether oxygens (including phenoxy) is 1. The van der Waals surface area contributed by atoms with Gasteiger partial charge in [0.15, 0.2) is 0 Å². The van der Waals surface area contributed by atoms with Crippen molar-refractivity contribution in [3.63, 3.8) is 0 Å². The van der Waals surface area contributed by atoms with Crippen molar-refractivity contribution >= 4 is 5.97 Å². The third kappa shape index (κ3) is 6.34. The summed E-state index contributed by atoms with van der Waals surface area (Å²) in [4.78, 5) is 11.2. The van der Waals surface area contributed by atoms with Gasteiger partial charge in [0, 0.05) is 12.1 Å². The first-order chi connectivity index (χ1) is 5.87. The number of carbonyl (C=O) groups excluding carboxylic acids is 1. The molecule has 0 amide bonds. The minimum atomic E-state index is -0.277. The van der Waals surface area contributed by atoms with Gasteiger partial charge in [0.2, 0.25) is 0 Å². The maximum Gasteiger partial charge on any atom is 0.333 e. The van der Waals surface area contributed by atoms with Gasteiger partial charge >= 0.3 is 5.97 Å². The fraction of sp³-hybridized carbons (Fsp3) is 0.700. The van der Waals surface area contributed by atoms with Gasteiger partial charge < -0.3 is 10.5 Å². The maximum absolute atomic E-state index is 11.2. The molecule has 0 radical (unpaired) electrons. The predicted molar refractivity (Wildman–Crippen MR) is 53.2 cm³/mol. The number of allylic oxidation sites excluding steroid dienone is 1. The van der Waals surface area contributed by atoms with Crippen LogP contribution in [0.1, 0.15) is 27.7 Å². The zero-order valence-corrected chi connectivity index (χ0v) is 8.89. The van der Waals surface area contributed by atoms with E-state index in [0.29, 0.717) is 12.1 Å². The molecule has 0 atom stereocenters. The second-order valence-electron chi connectivity index (χ2n) is 4.12. The zero-order valence-electron chi connectivity index (χ0n) is 8.89. The maximum atomic E-state index is 11.2. The molecule has 0 rings (SSSR count). The molecule has 3 heteroatoms. The van der Waals surface area contributed by atoms with Gasteiger partial charge in [-0.15, -0.1) is 0 Å². The smallest absolute Gasteiger partial charge is 0.333 e. The van der Waals surface area contributed by atoms with Crippen molar-refractivity contribution in [2.75, 3.05) is 13.2 Å². The van der Waals surface area contributed by atoms with Crippen LogP contribution in [0, 0.1) is 5.41 Å². The Hall–Kier alpha value is -0.830. The van der Waals surface area contributed by atoms with Crippen LogP contribution < -0.4 is 5.73 Å². The molecule has 0 aromatic carbocycles. The Labute approximate surface area is 79.9 Å². The molecule has 0 spiro atoms. The number of hydrogen-bond donors (Lipinski definition) is 1. The molecule has 76 valence electrons. The van der Waals surface area contributed by atoms with Crippen LogP contribution in [0.4, 0.5) is 0 Å². The van der Waals surface area contributed by atoms with Gasteiger partial charge in [-0.2, -0.15) is 0 Å². The van der Waals surface area contributed by atoms with Crippen LogP contribution in [-0.4, -0.2) is 19.1 Å². The fourth-order valence-electron chi connectivity index (χ4n) is 0.974. The molecule has 0 aliphatic heterocycles. The quantitative estimate of drug-likeness (QED) is 0.535. The summed E-state index contributed by atoms with van der Waals surface area (Å²) < 4.78 is 4.87. The van der Waals surface area contributed by atoms with Crippen molar-refractivity contribution in [1.29, 1.82) is 0 Å². The Kier molecular flexibility index (Phi) is 4.70. The molecular formula is C10H19NO2. The molecule has 0 aromatic heterocycles. The molecule has 0 saturated heterocycles. The Morgan fingerprint density at radius 3 is 2.38 bits per heavy atom. The van der Waals surface area contributed by atoms with Crippen LogP contribution in [0.3, 0.4) is 0 Å². The van der Waals surface area contributed by atoms with E-state index >= 15 is 0 Å². The van der Waals surface area contributed by atoms with E-state index in [1.54, 1.807) is 6.92 Å². The van der Waals surface area contributed by atoms with Crippen LogP contribution in [-0.2, 0) is 9.53 Å². The summed E-state index contributed by atoms with van der Waals surface area (Å²) in [7, 11) is 0. The lowest BCUT2D eigenvalue weighted by Crippen LogP contribution is -2.15. The van der Waals surface area contributed by atoms with Crippen molar-refractivity contribution in [1.82, 2.24) is 0 Å². The largest absolute Gasteiger partial charge is 0.461 e. The second-order valence-corrected chi connectivity index (χ2v) is 4.12. The van der Waals surface area contributed by atoms with Crippen molar-refractivity contribution in [2.45, 2.75) is 27.7 Å². The molecular weight excluding hydrogens is 166 g/mol. The van der Waals surface area contributed by atoms with Crippen molar-refractivity contribution in [3.05, 3.63) is 11.6 Å². The van der Waals surface area contributed by atoms with E-state index in [-0.39, 0.29) is 18.0 Å². The van der Waals surface area contributed by atoms with Crippen molar-refractivity contribution in [2.24, 2.45) is 11.1 Å². The van der Waals surface area contributed by atoms with Crippen LogP contribution in [0.15, 0.2) is 11.6 Å². The molecule has 0 fully saturated rings. The van der Waals surface area contributed by atoms with Crippen LogP contribution in [0.25, 0.3) is 0 Å². The molecule has 0 aliphatic rings. The molecule has 0 bridgehead atoms. The van der Waals surface area contributed by atoms with E-state index in [1.165, 1.54) is 0 Å². The van der Waals surface area contributed by atoms with E-state index in [0.717, 1.165) is 0 Å². The van der Waals surface area contributed by atoms with Crippen LogP contribution >= 0.6 is 0 Å². The fourth-order valence-corrected chi connectivity index (χ4v) is 0.974. The van der Waals surface area contributed by atoms with Gasteiger partial charge in [-0.3, -0.25) is 0 Å². The highest BCUT2D eigenvalue weighted by Gasteiger charge is 2.11. The third-order valence-corrected chi connectivity index (χ3v) is 1.32. The van der Waals surface area contributed by atoms with E-state index in [9.17, 15) is 4.79 Å². The number of hydrogen-bond acceptors (Lipinski definition) is 3. The Bertz CT molecular complexity index is 201. The van der Waals surface area contributed by atoms with Crippen molar-refractivity contribution in [3.8, 4) is 0 Å². The van der Waals surface area contributed by atoms with E-state index < -0.39 is 0 Å². The van der Waals surface area contributed by atoms with Gasteiger partial charge in [-0.1, -0.05) is 26.8 Å². The monoisotopic (exact) mass is 185 g/mol. The summed E-state index contributed by atoms with van der Waals surface area (Å²) in [6, 6.07) is 0. The first-order valence-electron chi connectivity index (χ1n) is 4.43. The SMILES string of the molecule is CC(=CC(C)(C)C)C(=O)OCCN. The summed E-state index contributed by atoms with van der Waals surface area (Å²) in [6.07, 6.45) is 1.89. The summed E-state index contributed by atoms with van der Waals surface area (Å²) in [6.45, 7) is 8.51. The molecule has 0 saturated carbocycles. The van der Waals surface area contributed by atoms with Gasteiger partial charge in [-0.05, 0) is 12.3 Å². The predicted octanol–water partition coefficient (Wildman–Crippen LogP) is 1.48. The minimum Gasteiger partial charge on any atom is -0.461 e. The Balaban J connectivity index is 4.17. The molecule has 13 heavy (non-hydrogen) atoms. The summed E-state index contributed by atoms with van der Waals surface area (Å²) in [5.41, 5.74) is 5.85. The lowest BCUT2D eigenvalue weighted by Gasteiger charge is -2.13. The average molecular weight is 185 g/mol. The van der Waals surface area contributed by atoms with Gasteiger partial charge in [-0.25, -0.2) is 4.79 Å². The first kappa shape index (κ1) is 12.2. The third-order valence-electron chi connectivity index (χ3n) is 1.32. The summed E-state index contributed by atoms with van der Waals surface area (Å²) in [5.74, 6) is -0.277. The summed E-state index contributed by atoms with van der Waals surface area (Å²) in [5, 5.41) is 0. The van der Waals surface area contributed by atoms with Crippen LogP contribution in [0.2, 0.25) is 0 Å². The number of nitrogens with two attached hydrogens (primary N) is 1. The molecule has 0 aliphatic carbocycles. The lowest BCUT2D eigenvalue weighted by atomic mass is 9.94. The van der Waals surface area contributed by atoms with Gasteiger partial charge in [0.05, 0.1) is 0 Å². The second kappa shape index (κ2) is 5.02. The van der Waals surface area contributed by atoms with Crippen LogP contribution in [0.5, 0.6) is 0 Å². The Morgan fingerprint density at radius 1 is 1.46 bits per heavy atom. The average Bonchev–Trinajstić information content (AvgIpc) is 1.96. The Morgan fingerprint density at radius 2 is 2.00 bits per heavy atom. The standard InChI is InChI=1S/C10H19NO2/c1-8(7-10(2,3)4)9(12)13-6-5-11/h7H,5-6,11H2,1-4H3. The highest BCUT2D eigenvalue weighted by molar-refractivity contribution is 5.87. The van der Waals surface area contributed by atoms with E-state index in [1.807, 2.05) is 26.8 Å². The number of rotatable bonds is 3. The molecule has 0 heterocycles. The number of carbonyl (C=O) groups is 1. The molecule has 0 aromatic rings. The van der Waals surface area contributed by atoms with Crippen molar-refractivity contribution < 1.29 is 9.53 Å². The molecule has 2 N–H and O–H groups in total. The lowest BCUT2D eigenvalue weighted by molar-refractivity contribution is -0.138. The first-order valence-corrected chi connectivity index (χ1v) is 4.43.